The molecule has 16 heavy (non-hydrogen) atoms. The number of benzene rings is 1. The Bertz CT molecular complexity index is 468. The van der Waals surface area contributed by atoms with E-state index in [4.69, 9.17) is 0 Å². The van der Waals surface area contributed by atoms with Crippen molar-refractivity contribution in [3.8, 4) is 0 Å². The molecule has 1 rings (SSSR count). The fourth-order valence-electron chi connectivity index (χ4n) is 1.54. The fourth-order valence-corrected chi connectivity index (χ4v) is 2.00. The molecule has 0 aliphatic rings. The smallest absolute Gasteiger partial charge is 0.208 e. The molecule has 0 radical (unpaired) electrons. The summed E-state index contributed by atoms with van der Waals surface area (Å²) in [6.07, 6.45) is 0.261. The minimum atomic E-state index is -3.26. The molecule has 1 aromatic rings. The van der Waals surface area contributed by atoms with Crippen molar-refractivity contribution >= 4 is 10.0 Å². The molecular formula is C11H17NO3S. The number of hydrogen-bond acceptors (Lipinski definition) is 3. The van der Waals surface area contributed by atoms with E-state index >= 15 is 0 Å². The van der Waals surface area contributed by atoms with Gasteiger partial charge in [-0.25, -0.2) is 13.1 Å². The maximum absolute atomic E-state index is 10.9. The maximum Gasteiger partial charge on any atom is 0.208 e. The summed E-state index contributed by atoms with van der Waals surface area (Å²) in [4.78, 5) is 0. The molecule has 1 atom stereocenters. The van der Waals surface area contributed by atoms with Gasteiger partial charge in [-0.2, -0.15) is 0 Å². The van der Waals surface area contributed by atoms with Crippen LogP contribution in [0.4, 0.5) is 0 Å². The molecule has 0 bridgehead atoms. The van der Waals surface area contributed by atoms with Crippen LogP contribution in [-0.2, 0) is 10.0 Å². The van der Waals surface area contributed by atoms with Crippen molar-refractivity contribution in [1.29, 1.82) is 0 Å². The van der Waals surface area contributed by atoms with Gasteiger partial charge < -0.3 is 5.11 Å². The van der Waals surface area contributed by atoms with Crippen LogP contribution in [0.5, 0.6) is 0 Å². The first-order valence-electron chi connectivity index (χ1n) is 4.99. The van der Waals surface area contributed by atoms with Gasteiger partial charge >= 0.3 is 0 Å². The Hall–Kier alpha value is -0.910. The van der Waals surface area contributed by atoms with Crippen LogP contribution in [0, 0.1) is 13.8 Å². The Morgan fingerprint density at radius 1 is 1.38 bits per heavy atom. The van der Waals surface area contributed by atoms with Gasteiger partial charge in [0.15, 0.2) is 0 Å². The van der Waals surface area contributed by atoms with Crippen LogP contribution in [0.15, 0.2) is 18.2 Å². The van der Waals surface area contributed by atoms with E-state index < -0.39 is 16.1 Å². The standard InChI is InChI=1S/C11H17NO3S/c1-8-4-5-10(9(2)6-8)11(13)7-12-16(3,14)15/h4-6,11-13H,7H2,1-3H3. The Balaban J connectivity index is 2.77. The number of rotatable bonds is 4. The minimum absolute atomic E-state index is 0.00271. The van der Waals surface area contributed by atoms with E-state index in [1.807, 2.05) is 32.0 Å². The normalized spacial score (nSPS) is 13.8. The van der Waals surface area contributed by atoms with E-state index in [0.717, 1.165) is 22.9 Å². The molecule has 0 amide bonds. The second-order valence-corrected chi connectivity index (χ2v) is 5.83. The molecule has 90 valence electrons. The van der Waals surface area contributed by atoms with Gasteiger partial charge in [0.1, 0.15) is 0 Å². The quantitative estimate of drug-likeness (QED) is 0.825. The van der Waals surface area contributed by atoms with Crippen molar-refractivity contribution in [2.75, 3.05) is 12.8 Å². The van der Waals surface area contributed by atoms with Crippen LogP contribution < -0.4 is 4.72 Å². The lowest BCUT2D eigenvalue weighted by Gasteiger charge is -2.14. The largest absolute Gasteiger partial charge is 0.387 e. The molecule has 1 unspecified atom stereocenters. The average Bonchev–Trinajstić information content (AvgIpc) is 2.13. The zero-order chi connectivity index (χ0) is 12.3. The fraction of sp³-hybridized carbons (Fsp3) is 0.455. The molecule has 0 saturated heterocycles. The van der Waals surface area contributed by atoms with E-state index in [1.54, 1.807) is 0 Å². The lowest BCUT2D eigenvalue weighted by Crippen LogP contribution is -2.27. The highest BCUT2D eigenvalue weighted by atomic mass is 32.2. The average molecular weight is 243 g/mol. The van der Waals surface area contributed by atoms with Gasteiger partial charge in [0.05, 0.1) is 12.4 Å². The molecule has 5 heteroatoms. The van der Waals surface area contributed by atoms with Gasteiger partial charge in [0.25, 0.3) is 0 Å². The Morgan fingerprint density at radius 2 is 2.00 bits per heavy atom. The molecule has 2 N–H and O–H groups in total. The second kappa shape index (κ2) is 4.95. The summed E-state index contributed by atoms with van der Waals surface area (Å²) in [6, 6.07) is 5.67. The molecular weight excluding hydrogens is 226 g/mol. The van der Waals surface area contributed by atoms with Gasteiger partial charge in [0, 0.05) is 6.54 Å². The summed E-state index contributed by atoms with van der Waals surface area (Å²) in [5.41, 5.74) is 2.83. The summed E-state index contributed by atoms with van der Waals surface area (Å²) in [5, 5.41) is 9.83. The van der Waals surface area contributed by atoms with Crippen molar-refractivity contribution < 1.29 is 13.5 Å². The van der Waals surface area contributed by atoms with E-state index in [-0.39, 0.29) is 6.54 Å². The van der Waals surface area contributed by atoms with Crippen molar-refractivity contribution in [2.24, 2.45) is 0 Å². The molecule has 0 aliphatic carbocycles. The molecule has 0 spiro atoms. The van der Waals surface area contributed by atoms with E-state index in [0.29, 0.717) is 0 Å². The molecule has 0 aliphatic heterocycles. The van der Waals surface area contributed by atoms with E-state index in [1.165, 1.54) is 0 Å². The van der Waals surface area contributed by atoms with Crippen molar-refractivity contribution in [2.45, 2.75) is 20.0 Å². The summed E-state index contributed by atoms with van der Waals surface area (Å²) in [5.74, 6) is 0. The van der Waals surface area contributed by atoms with Gasteiger partial charge in [-0.3, -0.25) is 0 Å². The molecule has 0 fully saturated rings. The van der Waals surface area contributed by atoms with Crippen LogP contribution in [0.25, 0.3) is 0 Å². The minimum Gasteiger partial charge on any atom is -0.387 e. The van der Waals surface area contributed by atoms with Crippen molar-refractivity contribution in [3.05, 3.63) is 34.9 Å². The van der Waals surface area contributed by atoms with Crippen LogP contribution in [0.1, 0.15) is 22.8 Å². The first-order chi connectivity index (χ1) is 7.29. The summed E-state index contributed by atoms with van der Waals surface area (Å²) in [7, 11) is -3.26. The first kappa shape index (κ1) is 13.2. The van der Waals surface area contributed by atoms with Crippen LogP contribution in [-0.4, -0.2) is 26.3 Å². The monoisotopic (exact) mass is 243 g/mol. The van der Waals surface area contributed by atoms with Gasteiger partial charge in [-0.05, 0) is 25.0 Å². The van der Waals surface area contributed by atoms with Gasteiger partial charge in [-0.1, -0.05) is 23.8 Å². The second-order valence-electron chi connectivity index (χ2n) is 4.00. The van der Waals surface area contributed by atoms with Gasteiger partial charge in [0.2, 0.25) is 10.0 Å². The first-order valence-corrected chi connectivity index (χ1v) is 6.88. The van der Waals surface area contributed by atoms with Crippen molar-refractivity contribution in [3.63, 3.8) is 0 Å². The number of aliphatic hydroxyl groups excluding tert-OH is 1. The SMILES string of the molecule is Cc1ccc(C(O)CNS(C)(=O)=O)c(C)c1. The zero-order valence-corrected chi connectivity index (χ0v) is 10.5. The Labute approximate surface area is 96.4 Å². The van der Waals surface area contributed by atoms with Crippen LogP contribution in [0.2, 0.25) is 0 Å². The predicted octanol–water partition coefficient (Wildman–Crippen LogP) is 0.886. The third-order valence-corrected chi connectivity index (χ3v) is 3.01. The molecule has 1 aromatic carbocycles. The third kappa shape index (κ3) is 3.92. The maximum atomic E-state index is 10.9. The number of aliphatic hydroxyl groups is 1. The Kier molecular flexibility index (Phi) is 4.07. The lowest BCUT2D eigenvalue weighted by molar-refractivity contribution is 0.181. The van der Waals surface area contributed by atoms with Crippen LogP contribution >= 0.6 is 0 Å². The van der Waals surface area contributed by atoms with E-state index in [2.05, 4.69) is 4.72 Å². The van der Waals surface area contributed by atoms with Gasteiger partial charge in [-0.15, -0.1) is 0 Å². The van der Waals surface area contributed by atoms with Crippen LogP contribution in [0.3, 0.4) is 0 Å². The Morgan fingerprint density at radius 3 is 2.50 bits per heavy atom. The topological polar surface area (TPSA) is 66.4 Å². The number of aryl methyl sites for hydroxylation is 2. The van der Waals surface area contributed by atoms with E-state index in [9.17, 15) is 13.5 Å². The highest BCUT2D eigenvalue weighted by Crippen LogP contribution is 2.18. The highest BCUT2D eigenvalue weighted by molar-refractivity contribution is 7.88. The number of hydrogen-bond donors (Lipinski definition) is 2. The number of sulfonamides is 1. The molecule has 4 nitrogen and oxygen atoms in total. The summed E-state index contributed by atoms with van der Waals surface area (Å²) < 4.78 is 24.1. The third-order valence-electron chi connectivity index (χ3n) is 2.32. The summed E-state index contributed by atoms with van der Waals surface area (Å²) in [6.45, 7) is 3.87. The zero-order valence-electron chi connectivity index (χ0n) is 9.69. The van der Waals surface area contributed by atoms with Crippen molar-refractivity contribution in [1.82, 2.24) is 4.72 Å². The summed E-state index contributed by atoms with van der Waals surface area (Å²) >= 11 is 0. The lowest BCUT2D eigenvalue weighted by atomic mass is 10.0. The molecule has 0 heterocycles. The predicted molar refractivity (Wildman–Crippen MR) is 63.7 cm³/mol. The molecule has 0 aromatic heterocycles. The molecule has 0 saturated carbocycles. The number of nitrogens with one attached hydrogen (secondary N) is 1. The highest BCUT2D eigenvalue weighted by Gasteiger charge is 2.12.